The van der Waals surface area contributed by atoms with Crippen molar-refractivity contribution in [1.82, 2.24) is 19.9 Å². The minimum Gasteiger partial charge on any atom is -0.345 e. The van der Waals surface area contributed by atoms with Gasteiger partial charge in [-0.1, -0.05) is 23.7 Å². The molecule has 1 aromatic carbocycles. The van der Waals surface area contributed by atoms with Gasteiger partial charge in [0.25, 0.3) is 0 Å². The predicted octanol–water partition coefficient (Wildman–Crippen LogP) is 4.48. The third kappa shape index (κ3) is 2.35. The molecule has 0 atom stereocenters. The number of benzene rings is 1. The molecule has 4 aromatic rings. The van der Waals surface area contributed by atoms with Crippen molar-refractivity contribution in [3.63, 3.8) is 0 Å². The molecule has 6 heteroatoms. The zero-order valence-corrected chi connectivity index (χ0v) is 12.5. The van der Waals surface area contributed by atoms with E-state index in [0.717, 1.165) is 16.5 Å². The number of aromatic nitrogens is 4. The van der Waals surface area contributed by atoms with Crippen LogP contribution >= 0.6 is 11.6 Å². The Morgan fingerprint density at radius 1 is 0.957 bits per heavy atom. The maximum Gasteiger partial charge on any atom is 0.139 e. The highest BCUT2D eigenvalue weighted by atomic mass is 35.5. The first kappa shape index (κ1) is 13.8. The van der Waals surface area contributed by atoms with Gasteiger partial charge in [0.1, 0.15) is 11.5 Å². The lowest BCUT2D eigenvalue weighted by Crippen LogP contribution is -1.89. The molecule has 0 aliphatic rings. The fraction of sp³-hybridized carbons (Fsp3) is 0. The molecule has 0 fully saturated rings. The van der Waals surface area contributed by atoms with Crippen molar-refractivity contribution in [2.45, 2.75) is 0 Å². The average molecular weight is 325 g/mol. The molecule has 0 saturated heterocycles. The van der Waals surface area contributed by atoms with Crippen LogP contribution < -0.4 is 0 Å². The summed E-state index contributed by atoms with van der Waals surface area (Å²) >= 11 is 6.60. The van der Waals surface area contributed by atoms with E-state index >= 15 is 0 Å². The fourth-order valence-corrected chi connectivity index (χ4v) is 2.87. The normalized spacial score (nSPS) is 11.0. The molecule has 23 heavy (non-hydrogen) atoms. The summed E-state index contributed by atoms with van der Waals surface area (Å²) in [4.78, 5) is 15.8. The molecule has 0 unspecified atom stereocenters. The molecule has 0 aliphatic carbocycles. The fourth-order valence-electron chi connectivity index (χ4n) is 2.53. The summed E-state index contributed by atoms with van der Waals surface area (Å²) in [6, 6.07) is 6.26. The summed E-state index contributed by atoms with van der Waals surface area (Å²) < 4.78 is 13.1. The molecule has 0 bridgehead atoms. The van der Waals surface area contributed by atoms with Crippen LogP contribution in [0.4, 0.5) is 4.39 Å². The zero-order chi connectivity index (χ0) is 15.8. The molecule has 112 valence electrons. The number of hydrogen-bond acceptors (Lipinski definition) is 3. The first-order valence-corrected chi connectivity index (χ1v) is 7.30. The molecule has 0 saturated carbocycles. The van der Waals surface area contributed by atoms with Crippen LogP contribution in [0.15, 0.2) is 55.2 Å². The Hall–Kier alpha value is -2.79. The first-order chi connectivity index (χ1) is 11.2. The minimum atomic E-state index is -0.280. The highest BCUT2D eigenvalue weighted by Gasteiger charge is 2.15. The average Bonchev–Trinajstić information content (AvgIpc) is 3.02. The summed E-state index contributed by atoms with van der Waals surface area (Å²) in [7, 11) is 0. The topological polar surface area (TPSA) is 54.5 Å². The van der Waals surface area contributed by atoms with Crippen LogP contribution in [0.5, 0.6) is 0 Å². The molecule has 1 N–H and O–H groups in total. The van der Waals surface area contributed by atoms with Crippen LogP contribution in [0.25, 0.3) is 33.4 Å². The van der Waals surface area contributed by atoms with E-state index in [1.807, 2.05) is 6.20 Å². The van der Waals surface area contributed by atoms with Crippen molar-refractivity contribution in [3.05, 3.63) is 66.1 Å². The van der Waals surface area contributed by atoms with Crippen LogP contribution in [0.2, 0.25) is 5.02 Å². The monoisotopic (exact) mass is 324 g/mol. The van der Waals surface area contributed by atoms with E-state index < -0.39 is 0 Å². The van der Waals surface area contributed by atoms with Crippen LogP contribution in [0.3, 0.4) is 0 Å². The van der Waals surface area contributed by atoms with E-state index in [2.05, 4.69) is 19.9 Å². The number of nitrogens with one attached hydrogen (secondary N) is 1. The van der Waals surface area contributed by atoms with Crippen molar-refractivity contribution < 1.29 is 4.39 Å². The van der Waals surface area contributed by atoms with Gasteiger partial charge in [0.05, 0.1) is 16.9 Å². The summed E-state index contributed by atoms with van der Waals surface area (Å²) in [6.07, 6.45) is 8.33. The van der Waals surface area contributed by atoms with Crippen molar-refractivity contribution in [3.8, 4) is 22.4 Å². The van der Waals surface area contributed by atoms with E-state index in [1.54, 1.807) is 36.9 Å². The largest absolute Gasteiger partial charge is 0.345 e. The van der Waals surface area contributed by atoms with Gasteiger partial charge in [-0.3, -0.25) is 9.97 Å². The quantitative estimate of drug-likeness (QED) is 0.591. The molecule has 0 amide bonds. The molecular formula is C17H10ClFN4. The lowest BCUT2D eigenvalue weighted by atomic mass is 10.0. The number of pyridine rings is 1. The Morgan fingerprint density at radius 3 is 2.52 bits per heavy atom. The highest BCUT2D eigenvalue weighted by Crippen LogP contribution is 2.37. The first-order valence-electron chi connectivity index (χ1n) is 6.92. The molecule has 0 radical (unpaired) electrons. The van der Waals surface area contributed by atoms with Gasteiger partial charge >= 0.3 is 0 Å². The SMILES string of the molecule is Fc1ccc(-c2c[nH]c3ncc(-c4cnccn4)c(Cl)c23)cc1. The molecule has 3 heterocycles. The third-order valence-electron chi connectivity index (χ3n) is 3.63. The van der Waals surface area contributed by atoms with Gasteiger partial charge in [0.2, 0.25) is 0 Å². The van der Waals surface area contributed by atoms with Crippen LogP contribution in [0.1, 0.15) is 0 Å². The van der Waals surface area contributed by atoms with Crippen LogP contribution in [-0.4, -0.2) is 19.9 Å². The van der Waals surface area contributed by atoms with Crippen LogP contribution in [-0.2, 0) is 0 Å². The summed E-state index contributed by atoms with van der Waals surface area (Å²) in [5, 5.41) is 1.32. The van der Waals surface area contributed by atoms with E-state index in [0.29, 0.717) is 21.9 Å². The second-order valence-corrected chi connectivity index (χ2v) is 5.39. The lowest BCUT2D eigenvalue weighted by molar-refractivity contribution is 0.628. The Balaban J connectivity index is 1.96. The van der Waals surface area contributed by atoms with Gasteiger partial charge in [-0.25, -0.2) is 9.37 Å². The Labute approximate surface area is 136 Å². The zero-order valence-electron chi connectivity index (χ0n) is 11.8. The van der Waals surface area contributed by atoms with Gasteiger partial charge in [-0.05, 0) is 17.7 Å². The van der Waals surface area contributed by atoms with E-state index in [1.165, 1.54) is 12.1 Å². The van der Waals surface area contributed by atoms with Crippen LogP contribution in [0, 0.1) is 5.82 Å². The number of aromatic amines is 1. The molecule has 0 aliphatic heterocycles. The van der Waals surface area contributed by atoms with E-state index in [9.17, 15) is 4.39 Å². The molecule has 3 aromatic heterocycles. The third-order valence-corrected chi connectivity index (χ3v) is 4.03. The molecule has 0 spiro atoms. The van der Waals surface area contributed by atoms with Crippen molar-refractivity contribution in [2.24, 2.45) is 0 Å². The molecule has 4 rings (SSSR count). The highest BCUT2D eigenvalue weighted by molar-refractivity contribution is 6.39. The number of rotatable bonds is 2. The smallest absolute Gasteiger partial charge is 0.139 e. The van der Waals surface area contributed by atoms with Gasteiger partial charge in [-0.15, -0.1) is 0 Å². The Bertz CT molecular complexity index is 981. The number of H-pyrrole nitrogens is 1. The lowest BCUT2D eigenvalue weighted by Gasteiger charge is -2.06. The standard InChI is InChI=1S/C17H10ClFN4/c18-16-13(14-9-20-5-6-21-14)8-23-17-15(16)12(7-22-17)10-1-3-11(19)4-2-10/h1-9H,(H,22,23). The number of halogens is 2. The van der Waals surface area contributed by atoms with Gasteiger partial charge in [-0.2, -0.15) is 0 Å². The van der Waals surface area contributed by atoms with Gasteiger partial charge in [0.15, 0.2) is 0 Å². The van der Waals surface area contributed by atoms with Gasteiger partial charge in [0, 0.05) is 41.3 Å². The maximum atomic E-state index is 13.1. The van der Waals surface area contributed by atoms with E-state index in [4.69, 9.17) is 11.6 Å². The van der Waals surface area contributed by atoms with E-state index in [-0.39, 0.29) is 5.82 Å². The predicted molar refractivity (Wildman–Crippen MR) is 87.5 cm³/mol. The summed E-state index contributed by atoms with van der Waals surface area (Å²) in [5.41, 5.74) is 3.75. The molecular weight excluding hydrogens is 315 g/mol. The minimum absolute atomic E-state index is 0.280. The number of fused-ring (bicyclic) bond motifs is 1. The van der Waals surface area contributed by atoms with Crippen molar-refractivity contribution in [1.29, 1.82) is 0 Å². The van der Waals surface area contributed by atoms with Crippen molar-refractivity contribution in [2.75, 3.05) is 0 Å². The molecule has 4 nitrogen and oxygen atoms in total. The second-order valence-electron chi connectivity index (χ2n) is 5.01. The van der Waals surface area contributed by atoms with Crippen molar-refractivity contribution >= 4 is 22.6 Å². The Morgan fingerprint density at radius 2 is 1.78 bits per heavy atom. The summed E-state index contributed by atoms with van der Waals surface area (Å²) in [5.74, 6) is -0.280. The summed E-state index contributed by atoms with van der Waals surface area (Å²) in [6.45, 7) is 0. The number of nitrogens with zero attached hydrogens (tertiary/aromatic N) is 3. The van der Waals surface area contributed by atoms with Gasteiger partial charge < -0.3 is 4.98 Å². The second kappa shape index (κ2) is 5.44. The Kier molecular flexibility index (Phi) is 3.28. The number of hydrogen-bond donors (Lipinski definition) is 1. The maximum absolute atomic E-state index is 13.1.